The van der Waals surface area contributed by atoms with Crippen LogP contribution in [0.15, 0.2) is 23.1 Å². The minimum absolute atomic E-state index is 0.139. The number of carbonyl (C=O) groups excluding carboxylic acids is 1. The minimum Gasteiger partial charge on any atom is -0.349 e. The Balaban J connectivity index is 1.96. The second-order valence-electron chi connectivity index (χ2n) is 6.08. The number of nitrogens with one attached hydrogen (secondary N) is 1. The SMILES string of the molecule is CC1(C)CCC(NC(=O)c2ccc(F)c(S)c2)CC1. The Morgan fingerprint density at radius 2 is 2.00 bits per heavy atom. The van der Waals surface area contributed by atoms with Crippen LogP contribution in [-0.4, -0.2) is 11.9 Å². The molecule has 0 atom stereocenters. The summed E-state index contributed by atoms with van der Waals surface area (Å²) < 4.78 is 13.1. The molecular weight excluding hydrogens is 261 g/mol. The molecule has 0 spiro atoms. The van der Waals surface area contributed by atoms with Crippen molar-refractivity contribution in [3.63, 3.8) is 0 Å². The molecule has 1 fully saturated rings. The molecule has 1 N–H and O–H groups in total. The summed E-state index contributed by atoms with van der Waals surface area (Å²) in [4.78, 5) is 12.3. The minimum atomic E-state index is -0.403. The quantitative estimate of drug-likeness (QED) is 0.793. The van der Waals surface area contributed by atoms with Gasteiger partial charge in [-0.15, -0.1) is 12.6 Å². The number of benzene rings is 1. The maximum absolute atomic E-state index is 13.1. The van der Waals surface area contributed by atoms with E-state index in [2.05, 4.69) is 31.8 Å². The van der Waals surface area contributed by atoms with Crippen LogP contribution in [0.3, 0.4) is 0 Å². The zero-order valence-corrected chi connectivity index (χ0v) is 12.3. The van der Waals surface area contributed by atoms with Gasteiger partial charge in [-0.1, -0.05) is 13.8 Å². The Morgan fingerprint density at radius 3 is 2.58 bits per heavy atom. The summed E-state index contributed by atoms with van der Waals surface area (Å²) in [5.41, 5.74) is 0.853. The first kappa shape index (κ1) is 14.4. The van der Waals surface area contributed by atoms with Crippen LogP contribution >= 0.6 is 12.6 Å². The maximum Gasteiger partial charge on any atom is 0.251 e. The Labute approximate surface area is 119 Å². The number of hydrogen-bond donors (Lipinski definition) is 2. The normalized spacial score (nSPS) is 19.2. The van der Waals surface area contributed by atoms with Crippen LogP contribution in [0, 0.1) is 11.2 Å². The van der Waals surface area contributed by atoms with Crippen LogP contribution < -0.4 is 5.32 Å². The lowest BCUT2D eigenvalue weighted by atomic mass is 9.75. The maximum atomic E-state index is 13.1. The van der Waals surface area contributed by atoms with E-state index in [4.69, 9.17) is 0 Å². The topological polar surface area (TPSA) is 29.1 Å². The van der Waals surface area contributed by atoms with E-state index in [0.717, 1.165) is 25.7 Å². The smallest absolute Gasteiger partial charge is 0.251 e. The summed E-state index contributed by atoms with van der Waals surface area (Å²) in [6.45, 7) is 4.52. The van der Waals surface area contributed by atoms with Crippen molar-refractivity contribution in [2.45, 2.75) is 50.5 Å². The van der Waals surface area contributed by atoms with Gasteiger partial charge < -0.3 is 5.32 Å². The van der Waals surface area contributed by atoms with Gasteiger partial charge >= 0.3 is 0 Å². The summed E-state index contributed by atoms with van der Waals surface area (Å²) in [7, 11) is 0. The highest BCUT2D eigenvalue weighted by Crippen LogP contribution is 2.35. The predicted octanol–water partition coefficient (Wildman–Crippen LogP) is 3.81. The van der Waals surface area contributed by atoms with Crippen molar-refractivity contribution >= 4 is 18.5 Å². The molecule has 1 saturated carbocycles. The standard InChI is InChI=1S/C15H20FNOS/c1-15(2)7-5-11(6-8-15)17-14(18)10-3-4-12(16)13(19)9-10/h3-4,9,11,19H,5-8H2,1-2H3,(H,17,18). The Morgan fingerprint density at radius 1 is 1.37 bits per heavy atom. The molecule has 1 aliphatic carbocycles. The Bertz CT molecular complexity index is 477. The Kier molecular flexibility index (Phi) is 4.19. The van der Waals surface area contributed by atoms with E-state index >= 15 is 0 Å². The molecule has 2 nitrogen and oxygen atoms in total. The monoisotopic (exact) mass is 281 g/mol. The number of amides is 1. The van der Waals surface area contributed by atoms with E-state index in [0.29, 0.717) is 11.0 Å². The van der Waals surface area contributed by atoms with E-state index < -0.39 is 5.82 Å². The summed E-state index contributed by atoms with van der Waals surface area (Å²) in [5, 5.41) is 3.02. The summed E-state index contributed by atoms with van der Waals surface area (Å²) in [6.07, 6.45) is 4.26. The van der Waals surface area contributed by atoms with Crippen LogP contribution in [-0.2, 0) is 0 Å². The molecule has 0 aromatic heterocycles. The van der Waals surface area contributed by atoms with E-state index in [1.54, 1.807) is 0 Å². The van der Waals surface area contributed by atoms with Crippen molar-refractivity contribution in [3.8, 4) is 0 Å². The van der Waals surface area contributed by atoms with Gasteiger partial charge in [-0.05, 0) is 49.3 Å². The van der Waals surface area contributed by atoms with Gasteiger partial charge in [0, 0.05) is 16.5 Å². The third kappa shape index (κ3) is 3.72. The first-order valence-electron chi connectivity index (χ1n) is 6.67. The number of carbonyl (C=O) groups is 1. The van der Waals surface area contributed by atoms with Crippen molar-refractivity contribution in [2.75, 3.05) is 0 Å². The highest BCUT2D eigenvalue weighted by atomic mass is 32.1. The molecule has 1 aliphatic rings. The van der Waals surface area contributed by atoms with Crippen LogP contribution in [0.5, 0.6) is 0 Å². The Hall–Kier alpha value is -1.03. The molecule has 0 unspecified atom stereocenters. The molecule has 1 amide bonds. The van der Waals surface area contributed by atoms with Gasteiger partial charge in [0.15, 0.2) is 0 Å². The van der Waals surface area contributed by atoms with Crippen molar-refractivity contribution in [2.24, 2.45) is 5.41 Å². The molecular formula is C15H20FNOS. The molecule has 104 valence electrons. The average Bonchev–Trinajstić information content (AvgIpc) is 2.35. The fourth-order valence-corrected chi connectivity index (χ4v) is 2.68. The molecule has 4 heteroatoms. The molecule has 0 radical (unpaired) electrons. The molecule has 1 aromatic rings. The molecule has 1 aromatic carbocycles. The first-order valence-corrected chi connectivity index (χ1v) is 7.11. The lowest BCUT2D eigenvalue weighted by molar-refractivity contribution is 0.0908. The van der Waals surface area contributed by atoms with Crippen molar-refractivity contribution in [3.05, 3.63) is 29.6 Å². The van der Waals surface area contributed by atoms with Crippen molar-refractivity contribution < 1.29 is 9.18 Å². The number of halogens is 1. The second-order valence-corrected chi connectivity index (χ2v) is 6.56. The molecule has 19 heavy (non-hydrogen) atoms. The van der Waals surface area contributed by atoms with Crippen LogP contribution in [0.25, 0.3) is 0 Å². The van der Waals surface area contributed by atoms with Crippen LogP contribution in [0.1, 0.15) is 49.9 Å². The predicted molar refractivity (Wildman–Crippen MR) is 77.2 cm³/mol. The fourth-order valence-electron chi connectivity index (χ4n) is 2.47. The van der Waals surface area contributed by atoms with Gasteiger partial charge in [-0.2, -0.15) is 0 Å². The zero-order valence-electron chi connectivity index (χ0n) is 11.4. The van der Waals surface area contributed by atoms with Gasteiger partial charge in [0.05, 0.1) is 0 Å². The van der Waals surface area contributed by atoms with E-state index in [1.165, 1.54) is 18.2 Å². The summed E-state index contributed by atoms with van der Waals surface area (Å²) >= 11 is 4.00. The van der Waals surface area contributed by atoms with Gasteiger partial charge in [0.25, 0.3) is 5.91 Å². The van der Waals surface area contributed by atoms with Crippen LogP contribution in [0.4, 0.5) is 4.39 Å². The highest BCUT2D eigenvalue weighted by molar-refractivity contribution is 7.80. The van der Waals surface area contributed by atoms with Gasteiger partial charge in [-0.25, -0.2) is 4.39 Å². The molecule has 0 bridgehead atoms. The van der Waals surface area contributed by atoms with Crippen molar-refractivity contribution in [1.29, 1.82) is 0 Å². The number of thiol groups is 1. The summed E-state index contributed by atoms with van der Waals surface area (Å²) in [6, 6.07) is 4.48. The molecule has 0 aliphatic heterocycles. The second kappa shape index (κ2) is 5.53. The molecule has 0 saturated heterocycles. The van der Waals surface area contributed by atoms with Gasteiger partial charge in [0.1, 0.15) is 5.82 Å². The number of rotatable bonds is 2. The summed E-state index contributed by atoms with van der Waals surface area (Å²) in [5.74, 6) is -0.542. The van der Waals surface area contributed by atoms with Crippen LogP contribution in [0.2, 0.25) is 0 Å². The van der Waals surface area contributed by atoms with E-state index in [-0.39, 0.29) is 16.8 Å². The lowest BCUT2D eigenvalue weighted by Gasteiger charge is -2.34. The first-order chi connectivity index (χ1) is 8.87. The number of hydrogen-bond acceptors (Lipinski definition) is 2. The molecule has 0 heterocycles. The van der Waals surface area contributed by atoms with Gasteiger partial charge in [-0.3, -0.25) is 4.79 Å². The van der Waals surface area contributed by atoms with Crippen molar-refractivity contribution in [1.82, 2.24) is 5.32 Å². The zero-order chi connectivity index (χ0) is 14.0. The van der Waals surface area contributed by atoms with Gasteiger partial charge in [0.2, 0.25) is 0 Å². The third-order valence-electron chi connectivity index (χ3n) is 3.88. The fraction of sp³-hybridized carbons (Fsp3) is 0.533. The average molecular weight is 281 g/mol. The lowest BCUT2D eigenvalue weighted by Crippen LogP contribution is -2.39. The largest absolute Gasteiger partial charge is 0.349 e. The highest BCUT2D eigenvalue weighted by Gasteiger charge is 2.27. The molecule has 2 rings (SSSR count). The van der Waals surface area contributed by atoms with E-state index in [1.807, 2.05) is 0 Å². The van der Waals surface area contributed by atoms with E-state index in [9.17, 15) is 9.18 Å². The third-order valence-corrected chi connectivity index (χ3v) is 4.23.